The summed E-state index contributed by atoms with van der Waals surface area (Å²) >= 11 is 22.6. The molecule has 1 aliphatic rings. The minimum absolute atomic E-state index is 0.170. The van der Waals surface area contributed by atoms with Crippen LogP contribution in [-0.4, -0.2) is 28.5 Å². The number of imide groups is 1. The molecule has 1 heterocycles. The van der Waals surface area contributed by atoms with Gasteiger partial charge in [0.05, 0.1) is 25.1 Å². The number of amides is 3. The summed E-state index contributed by atoms with van der Waals surface area (Å²) in [5.41, 5.74) is 1.89. The highest BCUT2D eigenvalue weighted by Crippen LogP contribution is 2.38. The molecular formula is C25H16BrCl3N2O4S. The zero-order chi connectivity index (χ0) is 25.8. The molecule has 3 aromatic carbocycles. The largest absolute Gasteiger partial charge is 0.486 e. The molecule has 0 spiro atoms. The number of benzene rings is 3. The van der Waals surface area contributed by atoms with Crippen molar-refractivity contribution in [3.05, 3.63) is 96.2 Å². The Hall–Kier alpha value is -2.49. The summed E-state index contributed by atoms with van der Waals surface area (Å²) in [6.07, 6.45) is 1.54. The van der Waals surface area contributed by atoms with E-state index >= 15 is 0 Å². The van der Waals surface area contributed by atoms with Gasteiger partial charge in [0.25, 0.3) is 11.1 Å². The van der Waals surface area contributed by atoms with E-state index in [0.29, 0.717) is 36.5 Å². The highest BCUT2D eigenvalue weighted by atomic mass is 79.9. The molecule has 1 aliphatic heterocycles. The average molecular weight is 627 g/mol. The zero-order valence-electron chi connectivity index (χ0n) is 18.3. The fourth-order valence-corrected chi connectivity index (χ4v) is 5.36. The number of nitrogens with one attached hydrogen (secondary N) is 1. The second kappa shape index (κ2) is 11.7. The molecule has 11 heteroatoms. The van der Waals surface area contributed by atoms with E-state index in [4.69, 9.17) is 39.5 Å². The summed E-state index contributed by atoms with van der Waals surface area (Å²) in [5, 5.41) is 3.36. The maximum Gasteiger partial charge on any atom is 0.294 e. The van der Waals surface area contributed by atoms with Crippen molar-refractivity contribution in [2.45, 2.75) is 6.61 Å². The summed E-state index contributed by atoms with van der Waals surface area (Å²) in [4.78, 5) is 38.7. The van der Waals surface area contributed by atoms with Gasteiger partial charge in [-0.05, 0) is 81.3 Å². The molecule has 0 atom stereocenters. The number of carbonyl (C=O) groups is 3. The number of ether oxygens (including phenoxy) is 1. The van der Waals surface area contributed by atoms with Crippen LogP contribution in [0.15, 0.2) is 70.0 Å². The minimum Gasteiger partial charge on any atom is -0.486 e. The van der Waals surface area contributed by atoms with Crippen LogP contribution in [-0.2, 0) is 16.2 Å². The van der Waals surface area contributed by atoms with E-state index in [2.05, 4.69) is 21.2 Å². The number of halogens is 4. The predicted molar refractivity (Wildman–Crippen MR) is 148 cm³/mol. The summed E-state index contributed by atoms with van der Waals surface area (Å²) < 4.78 is 6.42. The van der Waals surface area contributed by atoms with E-state index in [1.165, 1.54) is 6.08 Å². The zero-order valence-corrected chi connectivity index (χ0v) is 22.9. The summed E-state index contributed by atoms with van der Waals surface area (Å²) in [7, 11) is 0. The molecule has 0 aromatic heterocycles. The topological polar surface area (TPSA) is 75.7 Å². The number of thioether (sulfide) groups is 1. The predicted octanol–water partition coefficient (Wildman–Crippen LogP) is 7.66. The Labute approximate surface area is 234 Å². The Morgan fingerprint density at radius 3 is 2.44 bits per heavy atom. The SMILES string of the molecule is O=C(CN1C(=O)S/C(=C/c2cc(Cl)c(OCc3ccc(Cl)cc3)c(Br)c2)C1=O)Nc1ccccc1Cl. The normalized spacial score (nSPS) is 14.4. The number of anilines is 1. The number of hydrogen-bond donors (Lipinski definition) is 1. The van der Waals surface area contributed by atoms with Gasteiger partial charge >= 0.3 is 0 Å². The third-order valence-electron chi connectivity index (χ3n) is 4.94. The molecule has 36 heavy (non-hydrogen) atoms. The van der Waals surface area contributed by atoms with E-state index in [1.54, 1.807) is 48.5 Å². The standard InChI is InChI=1S/C25H16BrCl3N2O4S/c26-17-9-15(10-19(29)23(17)35-13-14-5-7-16(27)8-6-14)11-21-24(33)31(25(34)36-21)12-22(32)30-20-4-2-1-3-18(20)28/h1-11H,12-13H2,(H,30,32)/b21-11+. The van der Waals surface area contributed by atoms with Crippen molar-refractivity contribution >= 4 is 91.3 Å². The molecule has 1 N–H and O–H groups in total. The van der Waals surface area contributed by atoms with Gasteiger partial charge in [-0.3, -0.25) is 19.3 Å². The van der Waals surface area contributed by atoms with Crippen LogP contribution in [0.3, 0.4) is 0 Å². The first kappa shape index (κ1) is 26.6. The summed E-state index contributed by atoms with van der Waals surface area (Å²) in [5.74, 6) is -0.678. The molecule has 184 valence electrons. The van der Waals surface area contributed by atoms with E-state index in [1.807, 2.05) is 12.1 Å². The maximum absolute atomic E-state index is 12.8. The van der Waals surface area contributed by atoms with Crippen LogP contribution in [0.1, 0.15) is 11.1 Å². The molecule has 4 rings (SSSR count). The van der Waals surface area contributed by atoms with Crippen LogP contribution >= 0.6 is 62.5 Å². The van der Waals surface area contributed by atoms with Gasteiger partial charge in [0.1, 0.15) is 13.2 Å². The lowest BCUT2D eigenvalue weighted by molar-refractivity contribution is -0.127. The van der Waals surface area contributed by atoms with Gasteiger partial charge in [-0.15, -0.1) is 0 Å². The van der Waals surface area contributed by atoms with Crippen molar-refractivity contribution in [3.63, 3.8) is 0 Å². The third kappa shape index (κ3) is 6.44. The monoisotopic (exact) mass is 624 g/mol. The lowest BCUT2D eigenvalue weighted by Gasteiger charge is -2.13. The second-order valence-corrected chi connectivity index (χ2v) is 10.6. The molecule has 0 bridgehead atoms. The highest BCUT2D eigenvalue weighted by Gasteiger charge is 2.36. The van der Waals surface area contributed by atoms with Gasteiger partial charge in [-0.1, -0.05) is 59.1 Å². The van der Waals surface area contributed by atoms with Crippen LogP contribution in [0, 0.1) is 0 Å². The van der Waals surface area contributed by atoms with Gasteiger partial charge in [-0.2, -0.15) is 0 Å². The van der Waals surface area contributed by atoms with Crippen LogP contribution in [0.25, 0.3) is 6.08 Å². The Kier molecular flexibility index (Phi) is 8.64. The number of carbonyl (C=O) groups excluding carboxylic acids is 3. The van der Waals surface area contributed by atoms with E-state index in [-0.39, 0.29) is 11.5 Å². The van der Waals surface area contributed by atoms with Crippen LogP contribution in [0.2, 0.25) is 15.1 Å². The molecule has 3 amide bonds. The Balaban J connectivity index is 1.44. The van der Waals surface area contributed by atoms with Crippen molar-refractivity contribution < 1.29 is 19.1 Å². The van der Waals surface area contributed by atoms with Crippen molar-refractivity contribution in [2.75, 3.05) is 11.9 Å². The summed E-state index contributed by atoms with van der Waals surface area (Å²) in [6.45, 7) is -0.154. The van der Waals surface area contributed by atoms with Crippen LogP contribution < -0.4 is 10.1 Å². The number of hydrogen-bond acceptors (Lipinski definition) is 5. The smallest absolute Gasteiger partial charge is 0.294 e. The Morgan fingerprint density at radius 1 is 1.03 bits per heavy atom. The van der Waals surface area contributed by atoms with Crippen LogP contribution in [0.5, 0.6) is 5.75 Å². The van der Waals surface area contributed by atoms with E-state index in [9.17, 15) is 14.4 Å². The third-order valence-corrected chi connectivity index (χ3v) is 7.30. The van der Waals surface area contributed by atoms with E-state index < -0.39 is 23.6 Å². The molecule has 0 saturated carbocycles. The maximum atomic E-state index is 12.8. The number of nitrogens with zero attached hydrogens (tertiary/aromatic N) is 1. The van der Waals surface area contributed by atoms with Gasteiger partial charge in [0.2, 0.25) is 5.91 Å². The van der Waals surface area contributed by atoms with Crippen molar-refractivity contribution in [2.24, 2.45) is 0 Å². The molecule has 0 unspecified atom stereocenters. The van der Waals surface area contributed by atoms with Gasteiger partial charge in [0.15, 0.2) is 5.75 Å². The van der Waals surface area contributed by atoms with Gasteiger partial charge in [-0.25, -0.2) is 0 Å². The first-order valence-corrected chi connectivity index (χ1v) is 13.1. The quantitative estimate of drug-likeness (QED) is 0.273. The van der Waals surface area contributed by atoms with Gasteiger partial charge in [0, 0.05) is 5.02 Å². The van der Waals surface area contributed by atoms with Crippen molar-refractivity contribution in [1.82, 2.24) is 4.90 Å². The lowest BCUT2D eigenvalue weighted by Crippen LogP contribution is -2.36. The molecule has 1 saturated heterocycles. The first-order valence-electron chi connectivity index (χ1n) is 10.4. The Morgan fingerprint density at radius 2 is 1.75 bits per heavy atom. The van der Waals surface area contributed by atoms with Crippen molar-refractivity contribution in [3.8, 4) is 5.75 Å². The van der Waals surface area contributed by atoms with E-state index in [0.717, 1.165) is 22.2 Å². The lowest BCUT2D eigenvalue weighted by atomic mass is 10.2. The average Bonchev–Trinajstić information content (AvgIpc) is 3.08. The van der Waals surface area contributed by atoms with Crippen LogP contribution in [0.4, 0.5) is 10.5 Å². The second-order valence-electron chi connectivity index (χ2n) is 7.52. The highest BCUT2D eigenvalue weighted by molar-refractivity contribution is 9.10. The number of para-hydroxylation sites is 1. The molecule has 0 aliphatic carbocycles. The molecule has 6 nitrogen and oxygen atoms in total. The van der Waals surface area contributed by atoms with Crippen molar-refractivity contribution in [1.29, 1.82) is 0 Å². The van der Waals surface area contributed by atoms with Gasteiger partial charge < -0.3 is 10.1 Å². The molecule has 3 aromatic rings. The summed E-state index contributed by atoms with van der Waals surface area (Å²) in [6, 6.07) is 17.3. The fourth-order valence-electron chi connectivity index (χ4n) is 3.22. The molecular weight excluding hydrogens is 611 g/mol. The molecule has 0 radical (unpaired) electrons. The number of rotatable bonds is 7. The molecule has 1 fully saturated rings. The minimum atomic E-state index is -0.574. The Bertz CT molecular complexity index is 1360. The first-order chi connectivity index (χ1) is 17.2. The fraction of sp³-hybridized carbons (Fsp3) is 0.0800.